The number of hydrogen-bond acceptors (Lipinski definition) is 4. The number of aromatic nitrogens is 1. The highest BCUT2D eigenvalue weighted by Gasteiger charge is 2.50. The van der Waals surface area contributed by atoms with Crippen LogP contribution in [0.5, 0.6) is 5.75 Å². The van der Waals surface area contributed by atoms with E-state index in [1.54, 1.807) is 37.5 Å². The molecule has 0 bridgehead atoms. The van der Waals surface area contributed by atoms with E-state index in [1.165, 1.54) is 12.0 Å². The summed E-state index contributed by atoms with van der Waals surface area (Å²) in [6.45, 7) is 4.33. The number of furan rings is 1. The molecule has 3 heterocycles. The highest BCUT2D eigenvalue weighted by atomic mass is 35.5. The van der Waals surface area contributed by atoms with Crippen molar-refractivity contribution in [2.24, 2.45) is 5.92 Å². The van der Waals surface area contributed by atoms with Crippen LogP contribution in [-0.2, 0) is 11.3 Å². The van der Waals surface area contributed by atoms with E-state index in [-0.39, 0.29) is 24.4 Å². The summed E-state index contributed by atoms with van der Waals surface area (Å²) in [5.41, 5.74) is 1.13. The Morgan fingerprint density at radius 1 is 1.21 bits per heavy atom. The number of hydrogen-bond donors (Lipinski definition) is 1. The first-order valence-electron chi connectivity index (χ1n) is 11.4. The Kier molecular flexibility index (Phi) is 5.40. The van der Waals surface area contributed by atoms with Crippen LogP contribution in [0.15, 0.2) is 41.0 Å². The van der Waals surface area contributed by atoms with E-state index >= 15 is 0 Å². The Bertz CT molecular complexity index is 1220. The van der Waals surface area contributed by atoms with Crippen molar-refractivity contribution in [3.05, 3.63) is 47.3 Å². The molecule has 0 saturated heterocycles. The lowest BCUT2D eigenvalue weighted by molar-refractivity contribution is -0.127. The lowest BCUT2D eigenvalue weighted by Crippen LogP contribution is -2.65. The number of methoxy groups -OCH3 is 1. The van der Waals surface area contributed by atoms with Crippen molar-refractivity contribution in [1.29, 1.82) is 0 Å². The van der Waals surface area contributed by atoms with E-state index in [9.17, 15) is 9.59 Å². The largest absolute Gasteiger partial charge is 0.495 e. The van der Waals surface area contributed by atoms with E-state index in [2.05, 4.69) is 12.2 Å². The van der Waals surface area contributed by atoms with E-state index in [0.717, 1.165) is 31.2 Å². The summed E-state index contributed by atoms with van der Waals surface area (Å²) >= 11 is 6.32. The molecule has 2 amide bonds. The molecule has 33 heavy (non-hydrogen) atoms. The van der Waals surface area contributed by atoms with Gasteiger partial charge in [0.1, 0.15) is 17.0 Å². The summed E-state index contributed by atoms with van der Waals surface area (Å²) in [7, 11) is 1.54. The SMILES string of the molecule is COc1ccc(Cl)cc1N1C(=O)c2cc3occc3n2C[C@]1(C)C(=O)NC1CCC(C)CC1. The van der Waals surface area contributed by atoms with E-state index in [1.807, 2.05) is 10.6 Å². The molecule has 8 heteroatoms. The predicted molar refractivity (Wildman–Crippen MR) is 127 cm³/mol. The highest BCUT2D eigenvalue weighted by molar-refractivity contribution is 6.31. The average Bonchev–Trinajstić information content (AvgIpc) is 3.38. The number of halogens is 1. The predicted octanol–water partition coefficient (Wildman–Crippen LogP) is 5.01. The van der Waals surface area contributed by atoms with Crippen molar-refractivity contribution in [3.63, 3.8) is 0 Å². The number of nitrogens with one attached hydrogen (secondary N) is 1. The van der Waals surface area contributed by atoms with Gasteiger partial charge in [-0.05, 0) is 56.7 Å². The molecule has 3 aromatic rings. The van der Waals surface area contributed by atoms with Crippen LogP contribution in [0.3, 0.4) is 0 Å². The van der Waals surface area contributed by atoms with Gasteiger partial charge in [-0.1, -0.05) is 18.5 Å². The maximum atomic E-state index is 13.9. The van der Waals surface area contributed by atoms with Crippen LogP contribution in [0.4, 0.5) is 5.69 Å². The Morgan fingerprint density at radius 2 is 1.97 bits per heavy atom. The quantitative estimate of drug-likeness (QED) is 0.582. The van der Waals surface area contributed by atoms with Crippen molar-refractivity contribution in [2.45, 2.75) is 57.7 Å². The summed E-state index contributed by atoms with van der Waals surface area (Å²) in [6.07, 6.45) is 5.65. The van der Waals surface area contributed by atoms with Crippen LogP contribution in [0.1, 0.15) is 50.0 Å². The van der Waals surface area contributed by atoms with Gasteiger partial charge in [-0.2, -0.15) is 0 Å². The van der Waals surface area contributed by atoms with Gasteiger partial charge < -0.3 is 19.0 Å². The minimum Gasteiger partial charge on any atom is -0.495 e. The zero-order valence-corrected chi connectivity index (χ0v) is 19.8. The maximum absolute atomic E-state index is 13.9. The molecule has 5 rings (SSSR count). The first-order chi connectivity index (χ1) is 15.8. The molecule has 1 aliphatic carbocycles. The van der Waals surface area contributed by atoms with Gasteiger partial charge >= 0.3 is 0 Å². The van der Waals surface area contributed by atoms with E-state index < -0.39 is 5.54 Å². The van der Waals surface area contributed by atoms with Crippen LogP contribution in [0.2, 0.25) is 5.02 Å². The summed E-state index contributed by atoms with van der Waals surface area (Å²) < 4.78 is 13.0. The molecule has 2 aliphatic rings. The second-order valence-corrected chi connectivity index (χ2v) is 9.88. The van der Waals surface area contributed by atoms with Crippen LogP contribution >= 0.6 is 11.6 Å². The van der Waals surface area contributed by atoms with Gasteiger partial charge in [-0.15, -0.1) is 0 Å². The van der Waals surface area contributed by atoms with Gasteiger partial charge in [0.25, 0.3) is 5.91 Å². The van der Waals surface area contributed by atoms with Crippen molar-refractivity contribution >= 4 is 40.2 Å². The molecular formula is C25H28ClN3O4. The number of nitrogens with zero attached hydrogens (tertiary/aromatic N) is 2. The first-order valence-corrected chi connectivity index (χ1v) is 11.8. The molecule has 1 aromatic carbocycles. The van der Waals surface area contributed by atoms with Gasteiger partial charge in [-0.3, -0.25) is 14.5 Å². The normalized spacial score (nSPS) is 25.2. The molecule has 0 radical (unpaired) electrons. The molecule has 0 spiro atoms. The molecule has 1 N–H and O–H groups in total. The molecule has 0 unspecified atom stereocenters. The Hall–Kier alpha value is -2.93. The molecular weight excluding hydrogens is 442 g/mol. The van der Waals surface area contributed by atoms with E-state index in [0.29, 0.717) is 33.7 Å². The summed E-state index contributed by atoms with van der Waals surface area (Å²) in [5, 5.41) is 3.70. The molecule has 1 saturated carbocycles. The lowest BCUT2D eigenvalue weighted by atomic mass is 9.86. The van der Waals surface area contributed by atoms with E-state index in [4.69, 9.17) is 20.8 Å². The minimum atomic E-state index is -1.20. The number of amides is 2. The fraction of sp³-hybridized carbons (Fsp3) is 0.440. The van der Waals surface area contributed by atoms with Gasteiger partial charge in [-0.25, -0.2) is 0 Å². The van der Waals surface area contributed by atoms with Gasteiger partial charge in [0.15, 0.2) is 5.58 Å². The van der Waals surface area contributed by atoms with Crippen molar-refractivity contribution in [1.82, 2.24) is 9.88 Å². The third-order valence-corrected chi connectivity index (χ3v) is 7.36. The van der Waals surface area contributed by atoms with Crippen LogP contribution in [0.25, 0.3) is 11.1 Å². The molecule has 174 valence electrons. The third-order valence-electron chi connectivity index (χ3n) is 7.13. The van der Waals surface area contributed by atoms with Gasteiger partial charge in [0.2, 0.25) is 5.91 Å². The fourth-order valence-corrected chi connectivity index (χ4v) is 5.34. The summed E-state index contributed by atoms with van der Waals surface area (Å²) in [5.74, 6) is 0.660. The third kappa shape index (κ3) is 3.59. The van der Waals surface area contributed by atoms with Crippen LogP contribution in [0, 0.1) is 5.92 Å². The highest BCUT2D eigenvalue weighted by Crippen LogP contribution is 2.41. The van der Waals surface area contributed by atoms with Crippen LogP contribution in [-0.4, -0.2) is 35.1 Å². The van der Waals surface area contributed by atoms with Crippen molar-refractivity contribution in [2.75, 3.05) is 12.0 Å². The monoisotopic (exact) mass is 469 g/mol. The summed E-state index contributed by atoms with van der Waals surface area (Å²) in [4.78, 5) is 29.3. The number of carbonyl (C=O) groups is 2. The second-order valence-electron chi connectivity index (χ2n) is 9.45. The molecule has 1 fully saturated rings. The number of carbonyl (C=O) groups excluding carboxylic acids is 2. The Labute approximate surface area is 197 Å². The molecule has 1 aliphatic heterocycles. The Morgan fingerprint density at radius 3 is 2.70 bits per heavy atom. The molecule has 2 aromatic heterocycles. The standard InChI is InChI=1S/C25H28ClN3O4/c1-15-4-7-17(8-5-15)27-24(31)25(2)14-28-18-10-11-33-22(18)13-20(28)23(30)29(25)19-12-16(26)6-9-21(19)32-3/h6,9-13,15,17H,4-5,7-8,14H2,1-3H3,(H,27,31)/t15?,17?,25-/m1/s1. The molecule has 7 nitrogen and oxygen atoms in total. The first kappa shape index (κ1) is 21.9. The lowest BCUT2D eigenvalue weighted by Gasteiger charge is -2.45. The number of anilines is 1. The Balaban J connectivity index is 1.61. The number of ether oxygens (including phenoxy) is 1. The minimum absolute atomic E-state index is 0.101. The topological polar surface area (TPSA) is 76.7 Å². The van der Waals surface area contributed by atoms with Gasteiger partial charge in [0, 0.05) is 23.2 Å². The second kappa shape index (κ2) is 8.13. The smallest absolute Gasteiger partial charge is 0.276 e. The zero-order valence-electron chi connectivity index (χ0n) is 19.1. The summed E-state index contributed by atoms with van der Waals surface area (Å²) in [6, 6.07) is 8.74. The maximum Gasteiger partial charge on any atom is 0.276 e. The van der Waals surface area contributed by atoms with Gasteiger partial charge in [0.05, 0.1) is 31.1 Å². The fourth-order valence-electron chi connectivity index (χ4n) is 5.17. The average molecular weight is 470 g/mol. The number of benzene rings is 1. The van der Waals surface area contributed by atoms with Crippen molar-refractivity contribution < 1.29 is 18.7 Å². The molecule has 1 atom stereocenters. The van der Waals surface area contributed by atoms with Crippen molar-refractivity contribution in [3.8, 4) is 5.75 Å². The number of fused-ring (bicyclic) bond motifs is 3. The number of rotatable bonds is 4. The zero-order chi connectivity index (χ0) is 23.3. The van der Waals surface area contributed by atoms with Crippen LogP contribution < -0.4 is 15.0 Å².